The Bertz CT molecular complexity index is 1400. The van der Waals surface area contributed by atoms with Crippen LogP contribution in [0.15, 0.2) is 127 Å². The monoisotopic (exact) mass is 498 g/mol. The third kappa shape index (κ3) is 5.60. The first kappa shape index (κ1) is 25.6. The smallest absolute Gasteiger partial charge is 0.0463 e. The van der Waals surface area contributed by atoms with Crippen LogP contribution < -0.4 is 9.80 Å². The summed E-state index contributed by atoms with van der Waals surface area (Å²) in [6, 6.07) is 37.3. The van der Waals surface area contributed by atoms with Crippen LogP contribution in [0.2, 0.25) is 0 Å². The summed E-state index contributed by atoms with van der Waals surface area (Å²) < 4.78 is 0. The number of benzene rings is 4. The molecule has 4 aromatic rings. The van der Waals surface area contributed by atoms with E-state index >= 15 is 0 Å². The van der Waals surface area contributed by atoms with Gasteiger partial charge in [-0.15, -0.1) is 0 Å². The third-order valence-electron chi connectivity index (χ3n) is 7.22. The molecule has 0 saturated carbocycles. The van der Waals surface area contributed by atoms with E-state index in [9.17, 15) is 0 Å². The second-order valence-electron chi connectivity index (χ2n) is 11.4. The van der Waals surface area contributed by atoms with Crippen molar-refractivity contribution in [2.45, 2.75) is 46.5 Å². The molecule has 0 aliphatic heterocycles. The molecule has 0 saturated heterocycles. The average molecular weight is 499 g/mol. The summed E-state index contributed by atoms with van der Waals surface area (Å²) in [5.41, 5.74) is 9.69. The Balaban J connectivity index is 1.55. The van der Waals surface area contributed by atoms with E-state index < -0.39 is 0 Å². The van der Waals surface area contributed by atoms with E-state index in [-0.39, 0.29) is 5.41 Å². The van der Waals surface area contributed by atoms with Gasteiger partial charge in [0.25, 0.3) is 0 Å². The first-order valence-electron chi connectivity index (χ1n) is 13.6. The highest BCUT2D eigenvalue weighted by Gasteiger charge is 2.19. The van der Waals surface area contributed by atoms with Crippen molar-refractivity contribution in [3.05, 3.63) is 138 Å². The fourth-order valence-corrected chi connectivity index (χ4v) is 4.91. The number of hydrogen-bond donors (Lipinski definition) is 0. The zero-order valence-electron chi connectivity index (χ0n) is 23.2. The van der Waals surface area contributed by atoms with Gasteiger partial charge in [-0.05, 0) is 97.0 Å². The van der Waals surface area contributed by atoms with E-state index in [2.05, 4.69) is 166 Å². The Morgan fingerprint density at radius 3 is 1.58 bits per heavy atom. The first-order valence-corrected chi connectivity index (χ1v) is 13.6. The Morgan fingerprint density at radius 1 is 0.605 bits per heavy atom. The van der Waals surface area contributed by atoms with Gasteiger partial charge in [-0.2, -0.15) is 0 Å². The second kappa shape index (κ2) is 10.8. The zero-order chi connectivity index (χ0) is 26.7. The van der Waals surface area contributed by atoms with Crippen molar-refractivity contribution in [3.63, 3.8) is 0 Å². The molecule has 38 heavy (non-hydrogen) atoms. The molecule has 2 heteroatoms. The number of nitrogens with zero attached hydrogens (tertiary/aromatic N) is 2. The van der Waals surface area contributed by atoms with Crippen molar-refractivity contribution in [2.24, 2.45) is 5.92 Å². The van der Waals surface area contributed by atoms with Crippen LogP contribution in [-0.2, 0) is 5.41 Å². The van der Waals surface area contributed by atoms with Crippen LogP contribution in [0.3, 0.4) is 0 Å². The van der Waals surface area contributed by atoms with Gasteiger partial charge in [0.15, 0.2) is 0 Å². The fraction of sp³-hybridized carbons (Fsp3) is 0.222. The maximum Gasteiger partial charge on any atom is 0.0463 e. The molecule has 5 rings (SSSR count). The molecule has 0 amide bonds. The second-order valence-corrected chi connectivity index (χ2v) is 11.4. The number of rotatable bonds is 6. The summed E-state index contributed by atoms with van der Waals surface area (Å²) in [5, 5.41) is 0. The third-order valence-corrected chi connectivity index (χ3v) is 7.22. The largest absolute Gasteiger partial charge is 0.311 e. The Morgan fingerprint density at radius 2 is 1.08 bits per heavy atom. The number of allylic oxidation sites excluding steroid dienone is 3. The van der Waals surface area contributed by atoms with Crippen LogP contribution in [0.1, 0.15) is 45.2 Å². The van der Waals surface area contributed by atoms with E-state index in [0.717, 1.165) is 29.2 Å². The van der Waals surface area contributed by atoms with Crippen molar-refractivity contribution in [2.75, 3.05) is 9.80 Å². The van der Waals surface area contributed by atoms with Crippen LogP contribution in [0.5, 0.6) is 0 Å². The molecule has 0 aromatic heterocycles. The van der Waals surface area contributed by atoms with E-state index in [0.29, 0.717) is 5.92 Å². The summed E-state index contributed by atoms with van der Waals surface area (Å²) in [5.74, 6) is 0.575. The van der Waals surface area contributed by atoms with Gasteiger partial charge in [0, 0.05) is 34.1 Å². The molecule has 0 fully saturated rings. The highest BCUT2D eigenvalue weighted by atomic mass is 15.2. The lowest BCUT2D eigenvalue weighted by Gasteiger charge is -2.30. The molecule has 0 heterocycles. The Kier molecular flexibility index (Phi) is 7.24. The topological polar surface area (TPSA) is 6.48 Å². The van der Waals surface area contributed by atoms with Crippen LogP contribution in [0.25, 0.3) is 0 Å². The molecule has 0 N–H and O–H groups in total. The van der Waals surface area contributed by atoms with Crippen molar-refractivity contribution >= 4 is 28.4 Å². The lowest BCUT2D eigenvalue weighted by atomic mass is 9.87. The molecule has 0 spiro atoms. The summed E-state index contributed by atoms with van der Waals surface area (Å²) in [7, 11) is 0. The van der Waals surface area contributed by atoms with Crippen LogP contribution in [0, 0.1) is 12.8 Å². The maximum atomic E-state index is 2.35. The maximum absolute atomic E-state index is 2.35. The lowest BCUT2D eigenvalue weighted by Crippen LogP contribution is -2.17. The highest BCUT2D eigenvalue weighted by molar-refractivity contribution is 5.79. The number of anilines is 5. The Hall–Kier alpha value is -4.04. The van der Waals surface area contributed by atoms with E-state index in [1.165, 1.54) is 22.5 Å². The normalized spacial score (nSPS) is 15.2. The summed E-state index contributed by atoms with van der Waals surface area (Å²) >= 11 is 0. The number of para-hydroxylation sites is 1. The average Bonchev–Trinajstić information content (AvgIpc) is 2.92. The van der Waals surface area contributed by atoms with E-state index in [1.807, 2.05) is 0 Å². The van der Waals surface area contributed by atoms with Gasteiger partial charge in [-0.25, -0.2) is 0 Å². The minimum absolute atomic E-state index is 0.121. The van der Waals surface area contributed by atoms with Gasteiger partial charge in [0.1, 0.15) is 0 Å². The van der Waals surface area contributed by atoms with Crippen LogP contribution in [0.4, 0.5) is 28.4 Å². The van der Waals surface area contributed by atoms with Gasteiger partial charge < -0.3 is 9.80 Å². The van der Waals surface area contributed by atoms with Crippen LogP contribution in [-0.4, -0.2) is 0 Å². The van der Waals surface area contributed by atoms with Crippen LogP contribution >= 0.6 is 0 Å². The van der Waals surface area contributed by atoms with Crippen molar-refractivity contribution in [3.8, 4) is 0 Å². The van der Waals surface area contributed by atoms with E-state index in [4.69, 9.17) is 0 Å². The summed E-state index contributed by atoms with van der Waals surface area (Å²) in [6.45, 7) is 11.2. The molecule has 192 valence electrons. The molecule has 4 aromatic carbocycles. The zero-order valence-corrected chi connectivity index (χ0v) is 23.2. The lowest BCUT2D eigenvalue weighted by molar-refractivity contribution is 0.590. The van der Waals surface area contributed by atoms with Crippen molar-refractivity contribution in [1.82, 2.24) is 0 Å². The minimum Gasteiger partial charge on any atom is -0.311 e. The van der Waals surface area contributed by atoms with Crippen molar-refractivity contribution in [1.29, 1.82) is 0 Å². The molecule has 2 nitrogen and oxygen atoms in total. The number of hydrogen-bond acceptors (Lipinski definition) is 2. The molecule has 0 radical (unpaired) electrons. The van der Waals surface area contributed by atoms with Gasteiger partial charge >= 0.3 is 0 Å². The Labute approximate surface area is 228 Å². The summed E-state index contributed by atoms with van der Waals surface area (Å²) in [4.78, 5) is 4.68. The highest BCUT2D eigenvalue weighted by Crippen LogP contribution is 2.39. The molecule has 1 aliphatic rings. The summed E-state index contributed by atoms with van der Waals surface area (Å²) in [6.07, 6.45) is 7.96. The van der Waals surface area contributed by atoms with Gasteiger partial charge in [-0.1, -0.05) is 87.9 Å². The molecule has 1 atom stereocenters. The predicted molar refractivity (Wildman–Crippen MR) is 164 cm³/mol. The standard InChI is InChI=1S/C36H38N2/c1-27-11-17-31(18-12-27)37(30-9-7-6-8-10-30)34-23-25-35(26-24-34)38(32-19-13-28(2)14-20-32)33-21-15-29(16-22-33)36(3,4)5/h6-11,13-27H,12H2,1-5H3. The predicted octanol–water partition coefficient (Wildman–Crippen LogP) is 10.4. The molecule has 1 unspecified atom stereocenters. The SMILES string of the molecule is Cc1ccc(N(c2ccc(N(C3=CCC(C)C=C3)c3ccccc3)cc2)c2ccc(C(C)(C)C)cc2)cc1. The number of aryl methyl sites for hydroxylation is 1. The molecule has 0 bridgehead atoms. The van der Waals surface area contributed by atoms with E-state index in [1.54, 1.807) is 0 Å². The quantitative estimate of drug-likeness (QED) is 0.261. The van der Waals surface area contributed by atoms with Crippen molar-refractivity contribution < 1.29 is 0 Å². The van der Waals surface area contributed by atoms with Gasteiger partial charge in [0.05, 0.1) is 0 Å². The minimum atomic E-state index is 0.121. The molecule has 1 aliphatic carbocycles. The molecular formula is C36H38N2. The van der Waals surface area contributed by atoms with Gasteiger partial charge in [0.2, 0.25) is 0 Å². The molecular weight excluding hydrogens is 460 g/mol. The fourth-order valence-electron chi connectivity index (χ4n) is 4.91. The van der Waals surface area contributed by atoms with Gasteiger partial charge in [-0.3, -0.25) is 0 Å². The first-order chi connectivity index (χ1) is 18.3.